The summed E-state index contributed by atoms with van der Waals surface area (Å²) in [4.78, 5) is 0. The summed E-state index contributed by atoms with van der Waals surface area (Å²) in [5.41, 5.74) is 1.76. The summed E-state index contributed by atoms with van der Waals surface area (Å²) < 4.78 is 47.0. The van der Waals surface area contributed by atoms with Crippen molar-refractivity contribution in [1.82, 2.24) is 0 Å². The van der Waals surface area contributed by atoms with Gasteiger partial charge in [0, 0.05) is 36.1 Å². The maximum Gasteiger partial charge on any atom is 0.248 e. The van der Waals surface area contributed by atoms with Gasteiger partial charge in [0.15, 0.2) is 6.23 Å². The Bertz CT molecular complexity index is 803. The SMILES string of the molecule is CC(C)(C)[S+]([O-])N=CC1=Cc2cc(Cl)c(OCC3CC(F)(F)C3)cc2NC1O. The molecule has 1 saturated carbocycles. The van der Waals surface area contributed by atoms with E-state index in [2.05, 4.69) is 9.71 Å². The van der Waals surface area contributed by atoms with Crippen LogP contribution in [0.4, 0.5) is 14.5 Å². The summed E-state index contributed by atoms with van der Waals surface area (Å²) in [5, 5.41) is 13.5. The maximum atomic E-state index is 12.9. The van der Waals surface area contributed by atoms with Crippen LogP contribution < -0.4 is 10.1 Å². The van der Waals surface area contributed by atoms with Crippen LogP contribution in [0.15, 0.2) is 22.1 Å². The average Bonchev–Trinajstić information content (AvgIpc) is 2.55. The Labute approximate surface area is 171 Å². The zero-order valence-corrected chi connectivity index (χ0v) is 17.4. The topological polar surface area (TPSA) is 76.9 Å². The second-order valence-electron chi connectivity index (χ2n) is 8.10. The van der Waals surface area contributed by atoms with E-state index in [1.807, 2.05) is 20.8 Å². The normalized spacial score (nSPS) is 22.9. The first-order valence-electron chi connectivity index (χ1n) is 8.91. The Hall–Kier alpha value is -1.35. The highest BCUT2D eigenvalue weighted by Gasteiger charge is 2.45. The van der Waals surface area contributed by atoms with Gasteiger partial charge in [-0.1, -0.05) is 16.0 Å². The van der Waals surface area contributed by atoms with Crippen molar-refractivity contribution >= 4 is 40.9 Å². The third-order valence-electron chi connectivity index (χ3n) is 4.50. The first-order chi connectivity index (χ1) is 12.9. The third-order valence-corrected chi connectivity index (χ3v) is 6.14. The van der Waals surface area contributed by atoms with Crippen LogP contribution in [0.1, 0.15) is 39.2 Å². The van der Waals surface area contributed by atoms with Gasteiger partial charge in [0.05, 0.1) is 17.8 Å². The standard InChI is InChI=1S/C19H23ClF2N2O3S/c1-18(2,3)28(26)23-9-13-4-12-5-14(20)16(6-15(12)24-17(13)25)27-10-11-7-19(21,22)8-11/h4-6,9,11,17,24-25H,7-8,10H2,1-3H3. The molecular formula is C19H23ClF2N2O3S. The van der Waals surface area contributed by atoms with Crippen molar-refractivity contribution in [2.24, 2.45) is 10.3 Å². The van der Waals surface area contributed by atoms with Crippen molar-refractivity contribution in [2.45, 2.75) is 50.5 Å². The molecule has 1 heterocycles. The van der Waals surface area contributed by atoms with E-state index in [1.54, 1.807) is 18.2 Å². The summed E-state index contributed by atoms with van der Waals surface area (Å²) in [6.07, 6.45) is 1.70. The number of benzene rings is 1. The third kappa shape index (κ3) is 4.97. The highest BCUT2D eigenvalue weighted by molar-refractivity contribution is 7.91. The predicted molar refractivity (Wildman–Crippen MR) is 109 cm³/mol. The van der Waals surface area contributed by atoms with E-state index in [4.69, 9.17) is 16.3 Å². The Morgan fingerprint density at radius 3 is 2.71 bits per heavy atom. The first-order valence-corrected chi connectivity index (χ1v) is 10.4. The number of aliphatic hydroxyl groups excluding tert-OH is 1. The van der Waals surface area contributed by atoms with Gasteiger partial charge in [-0.3, -0.25) is 0 Å². The van der Waals surface area contributed by atoms with E-state index in [-0.39, 0.29) is 25.4 Å². The van der Waals surface area contributed by atoms with Gasteiger partial charge in [0.25, 0.3) is 0 Å². The minimum atomic E-state index is -2.58. The van der Waals surface area contributed by atoms with Crippen LogP contribution in [0, 0.1) is 5.92 Å². The summed E-state index contributed by atoms with van der Waals surface area (Å²) in [6, 6.07) is 3.30. The van der Waals surface area contributed by atoms with E-state index in [9.17, 15) is 18.4 Å². The lowest BCUT2D eigenvalue weighted by Gasteiger charge is -2.34. The van der Waals surface area contributed by atoms with E-state index in [0.717, 1.165) is 0 Å². The molecule has 2 N–H and O–H groups in total. The molecule has 2 atom stereocenters. The van der Waals surface area contributed by atoms with E-state index < -0.39 is 28.3 Å². The quantitative estimate of drug-likeness (QED) is 0.533. The number of anilines is 1. The second kappa shape index (κ2) is 7.82. The number of rotatable bonds is 5. The van der Waals surface area contributed by atoms with Gasteiger partial charge in [-0.05, 0) is 38.5 Å². The summed E-state index contributed by atoms with van der Waals surface area (Å²) in [5.74, 6) is -2.40. The summed E-state index contributed by atoms with van der Waals surface area (Å²) in [6.45, 7) is 5.60. The molecule has 1 aliphatic carbocycles. The Balaban J connectivity index is 1.72. The van der Waals surface area contributed by atoms with Gasteiger partial charge in [0.1, 0.15) is 21.9 Å². The van der Waals surface area contributed by atoms with Crippen LogP contribution in [-0.2, 0) is 11.4 Å². The number of halogens is 3. The fraction of sp³-hybridized carbons (Fsp3) is 0.526. The molecule has 9 heteroatoms. The Kier molecular flexibility index (Phi) is 5.96. The molecular weight excluding hydrogens is 410 g/mol. The van der Waals surface area contributed by atoms with Gasteiger partial charge < -0.3 is 19.7 Å². The van der Waals surface area contributed by atoms with Crippen molar-refractivity contribution in [3.8, 4) is 5.75 Å². The lowest BCUT2D eigenvalue weighted by molar-refractivity contribution is -0.119. The molecule has 0 saturated heterocycles. The van der Waals surface area contributed by atoms with E-state index in [0.29, 0.717) is 27.6 Å². The lowest BCUT2D eigenvalue weighted by Crippen LogP contribution is -2.38. The number of nitrogens with zero attached hydrogens (tertiary/aromatic N) is 1. The van der Waals surface area contributed by atoms with Crippen LogP contribution in [0.5, 0.6) is 5.75 Å². The number of ether oxygens (including phenoxy) is 1. The lowest BCUT2D eigenvalue weighted by atomic mass is 9.82. The number of fused-ring (bicyclic) bond motifs is 1. The first kappa shape index (κ1) is 21.4. The van der Waals surface area contributed by atoms with Gasteiger partial charge >= 0.3 is 0 Å². The zero-order chi connectivity index (χ0) is 20.7. The van der Waals surface area contributed by atoms with Crippen LogP contribution in [0.3, 0.4) is 0 Å². The molecule has 1 aliphatic heterocycles. The molecule has 0 bridgehead atoms. The van der Waals surface area contributed by atoms with Crippen molar-refractivity contribution in [1.29, 1.82) is 0 Å². The smallest absolute Gasteiger partial charge is 0.248 e. The van der Waals surface area contributed by atoms with Gasteiger partial charge in [-0.2, -0.15) is 0 Å². The monoisotopic (exact) mass is 432 g/mol. The summed E-state index contributed by atoms with van der Waals surface area (Å²) >= 11 is 4.82. The molecule has 0 amide bonds. The Morgan fingerprint density at radius 1 is 1.43 bits per heavy atom. The summed E-state index contributed by atoms with van der Waals surface area (Å²) in [7, 11) is 0. The second-order valence-corrected chi connectivity index (χ2v) is 10.4. The van der Waals surface area contributed by atoms with Crippen molar-refractivity contribution in [3.63, 3.8) is 0 Å². The number of aliphatic hydroxyl groups is 1. The molecule has 1 aromatic rings. The Morgan fingerprint density at radius 2 is 2.11 bits per heavy atom. The number of hydrogen-bond acceptors (Lipinski definition) is 5. The predicted octanol–water partition coefficient (Wildman–Crippen LogP) is 4.42. The van der Waals surface area contributed by atoms with E-state index in [1.165, 1.54) is 6.21 Å². The van der Waals surface area contributed by atoms with E-state index >= 15 is 0 Å². The molecule has 0 aromatic heterocycles. The number of alkyl halides is 2. The fourth-order valence-electron chi connectivity index (χ4n) is 2.90. The maximum absolute atomic E-state index is 12.9. The number of nitrogens with one attached hydrogen (secondary N) is 1. The molecule has 1 fully saturated rings. The molecule has 5 nitrogen and oxygen atoms in total. The van der Waals surface area contributed by atoms with Crippen LogP contribution in [0.2, 0.25) is 5.02 Å². The van der Waals surface area contributed by atoms with Crippen LogP contribution in [0.25, 0.3) is 6.08 Å². The molecule has 2 unspecified atom stereocenters. The fourth-order valence-corrected chi connectivity index (χ4v) is 3.66. The highest BCUT2D eigenvalue weighted by Crippen LogP contribution is 2.43. The molecule has 154 valence electrons. The van der Waals surface area contributed by atoms with Crippen molar-refractivity contribution in [3.05, 3.63) is 28.3 Å². The van der Waals surface area contributed by atoms with Crippen molar-refractivity contribution < 1.29 is 23.2 Å². The minimum Gasteiger partial charge on any atom is -0.591 e. The van der Waals surface area contributed by atoms with Crippen LogP contribution in [-0.4, -0.2) is 39.4 Å². The molecule has 1 aromatic carbocycles. The van der Waals surface area contributed by atoms with Gasteiger partial charge in [-0.15, -0.1) is 0 Å². The molecule has 0 spiro atoms. The van der Waals surface area contributed by atoms with Crippen LogP contribution >= 0.6 is 11.6 Å². The minimum absolute atomic E-state index is 0.170. The molecule has 3 rings (SSSR count). The largest absolute Gasteiger partial charge is 0.591 e. The molecule has 0 radical (unpaired) electrons. The average molecular weight is 433 g/mol. The van der Waals surface area contributed by atoms with Gasteiger partial charge in [-0.25, -0.2) is 8.78 Å². The number of hydrogen-bond donors (Lipinski definition) is 2. The zero-order valence-electron chi connectivity index (χ0n) is 15.8. The van der Waals surface area contributed by atoms with Crippen molar-refractivity contribution in [2.75, 3.05) is 11.9 Å². The highest BCUT2D eigenvalue weighted by atomic mass is 35.5. The molecule has 28 heavy (non-hydrogen) atoms. The van der Waals surface area contributed by atoms with Gasteiger partial charge in [0.2, 0.25) is 5.92 Å². The molecule has 2 aliphatic rings.